The molecule has 0 unspecified atom stereocenters. The van der Waals surface area contributed by atoms with Crippen LogP contribution >= 0.6 is 0 Å². The summed E-state index contributed by atoms with van der Waals surface area (Å²) in [6.45, 7) is 6.71. The summed E-state index contributed by atoms with van der Waals surface area (Å²) in [7, 11) is 1.98. The van der Waals surface area contributed by atoms with Crippen molar-refractivity contribution in [3.63, 3.8) is 0 Å². The molecule has 2 aromatic carbocycles. The van der Waals surface area contributed by atoms with Crippen molar-refractivity contribution < 1.29 is 4.39 Å². The lowest BCUT2D eigenvalue weighted by Crippen LogP contribution is -2.24. The minimum Gasteiger partial charge on any atom is -0.344 e. The van der Waals surface area contributed by atoms with Gasteiger partial charge in [0.05, 0.1) is 0 Å². The van der Waals surface area contributed by atoms with Gasteiger partial charge in [0.1, 0.15) is 5.82 Å². The number of anilines is 2. The quantitative estimate of drug-likeness (QED) is 0.876. The molecule has 0 bridgehead atoms. The summed E-state index contributed by atoms with van der Waals surface area (Å²) in [4.78, 5) is 2.05. The van der Waals surface area contributed by atoms with E-state index in [2.05, 4.69) is 43.1 Å². The Morgan fingerprint density at radius 1 is 1.05 bits per heavy atom. The lowest BCUT2D eigenvalue weighted by Gasteiger charge is -2.25. The standard InChI is InChI=1S/C18H23FN2/c1-13(2)20-12-15-16(19)9-7-11-18(15)21(4)17-10-6-5-8-14(17)3/h5-11,13,20H,12H2,1-4H3. The maximum atomic E-state index is 14.2. The third-order valence-corrected chi connectivity index (χ3v) is 3.62. The third kappa shape index (κ3) is 3.61. The zero-order valence-corrected chi connectivity index (χ0v) is 13.2. The molecule has 0 saturated carbocycles. The number of hydrogen-bond acceptors (Lipinski definition) is 2. The van der Waals surface area contributed by atoms with Crippen LogP contribution in [0.1, 0.15) is 25.0 Å². The van der Waals surface area contributed by atoms with Gasteiger partial charge in [-0.1, -0.05) is 38.1 Å². The molecule has 21 heavy (non-hydrogen) atoms. The van der Waals surface area contributed by atoms with E-state index in [0.29, 0.717) is 18.2 Å². The second kappa shape index (κ2) is 6.72. The van der Waals surface area contributed by atoms with E-state index in [9.17, 15) is 4.39 Å². The lowest BCUT2D eigenvalue weighted by molar-refractivity contribution is 0.553. The van der Waals surface area contributed by atoms with Gasteiger partial charge in [-0.15, -0.1) is 0 Å². The SMILES string of the molecule is Cc1ccccc1N(C)c1cccc(F)c1CNC(C)C. The molecule has 0 heterocycles. The van der Waals surface area contributed by atoms with Gasteiger partial charge in [0.25, 0.3) is 0 Å². The van der Waals surface area contributed by atoms with E-state index < -0.39 is 0 Å². The van der Waals surface area contributed by atoms with E-state index in [4.69, 9.17) is 0 Å². The molecule has 0 radical (unpaired) electrons. The van der Waals surface area contributed by atoms with Crippen molar-refractivity contribution in [2.45, 2.75) is 33.4 Å². The number of para-hydroxylation sites is 1. The zero-order chi connectivity index (χ0) is 15.4. The number of aryl methyl sites for hydroxylation is 1. The second-order valence-electron chi connectivity index (χ2n) is 5.62. The van der Waals surface area contributed by atoms with Crippen molar-refractivity contribution in [2.24, 2.45) is 0 Å². The Bertz CT molecular complexity index is 608. The number of hydrogen-bond donors (Lipinski definition) is 1. The first kappa shape index (κ1) is 15.5. The fourth-order valence-corrected chi connectivity index (χ4v) is 2.41. The molecule has 0 amide bonds. The van der Waals surface area contributed by atoms with Gasteiger partial charge < -0.3 is 10.2 Å². The van der Waals surface area contributed by atoms with E-state index in [1.165, 1.54) is 11.6 Å². The van der Waals surface area contributed by atoms with Crippen LogP contribution in [0.3, 0.4) is 0 Å². The molecule has 1 N–H and O–H groups in total. The Labute approximate surface area is 126 Å². The molecular formula is C18H23FN2. The van der Waals surface area contributed by atoms with Crippen LogP contribution in [0.5, 0.6) is 0 Å². The van der Waals surface area contributed by atoms with Crippen LogP contribution in [-0.2, 0) is 6.54 Å². The van der Waals surface area contributed by atoms with Crippen LogP contribution in [0.2, 0.25) is 0 Å². The molecular weight excluding hydrogens is 263 g/mol. The van der Waals surface area contributed by atoms with Gasteiger partial charge in [0, 0.05) is 36.6 Å². The molecule has 2 rings (SSSR count). The van der Waals surface area contributed by atoms with Crippen molar-refractivity contribution >= 4 is 11.4 Å². The molecule has 0 aliphatic heterocycles. The van der Waals surface area contributed by atoms with E-state index in [1.54, 1.807) is 6.07 Å². The van der Waals surface area contributed by atoms with Gasteiger partial charge in [0.2, 0.25) is 0 Å². The first-order valence-electron chi connectivity index (χ1n) is 7.31. The minimum absolute atomic E-state index is 0.166. The molecule has 3 heteroatoms. The van der Waals surface area contributed by atoms with Crippen molar-refractivity contribution in [2.75, 3.05) is 11.9 Å². The first-order chi connectivity index (χ1) is 10.0. The summed E-state index contributed by atoms with van der Waals surface area (Å²) in [5.41, 5.74) is 3.87. The van der Waals surface area contributed by atoms with Crippen LogP contribution in [0, 0.1) is 12.7 Å². The van der Waals surface area contributed by atoms with Crippen LogP contribution in [0.15, 0.2) is 42.5 Å². The topological polar surface area (TPSA) is 15.3 Å². The van der Waals surface area contributed by atoms with Crippen molar-refractivity contribution in [3.8, 4) is 0 Å². The molecule has 0 aliphatic carbocycles. The highest BCUT2D eigenvalue weighted by atomic mass is 19.1. The minimum atomic E-state index is -0.166. The molecule has 112 valence electrons. The number of rotatable bonds is 5. The summed E-state index contributed by atoms with van der Waals surface area (Å²) in [6, 6.07) is 13.7. The van der Waals surface area contributed by atoms with Gasteiger partial charge in [0.15, 0.2) is 0 Å². The smallest absolute Gasteiger partial charge is 0.129 e. The first-order valence-corrected chi connectivity index (χ1v) is 7.31. The van der Waals surface area contributed by atoms with E-state index >= 15 is 0 Å². The van der Waals surface area contributed by atoms with Crippen molar-refractivity contribution in [1.82, 2.24) is 5.32 Å². The third-order valence-electron chi connectivity index (χ3n) is 3.62. The predicted molar refractivity (Wildman–Crippen MR) is 87.6 cm³/mol. The summed E-state index contributed by atoms with van der Waals surface area (Å²) in [5.74, 6) is -0.166. The molecule has 0 atom stereocenters. The Balaban J connectivity index is 2.39. The second-order valence-corrected chi connectivity index (χ2v) is 5.62. The summed E-state index contributed by atoms with van der Waals surface area (Å²) in [5, 5.41) is 3.30. The van der Waals surface area contributed by atoms with Crippen LogP contribution < -0.4 is 10.2 Å². The van der Waals surface area contributed by atoms with E-state index in [1.807, 2.05) is 25.2 Å². The molecule has 0 spiro atoms. The van der Waals surface area contributed by atoms with Gasteiger partial charge in [-0.25, -0.2) is 4.39 Å². The number of nitrogens with one attached hydrogen (secondary N) is 1. The summed E-state index contributed by atoms with van der Waals surface area (Å²) in [6.07, 6.45) is 0. The van der Waals surface area contributed by atoms with E-state index in [-0.39, 0.29) is 5.82 Å². The number of benzene rings is 2. The Morgan fingerprint density at radius 2 is 1.71 bits per heavy atom. The van der Waals surface area contributed by atoms with E-state index in [0.717, 1.165) is 11.4 Å². The molecule has 2 aromatic rings. The van der Waals surface area contributed by atoms with Crippen molar-refractivity contribution in [1.29, 1.82) is 0 Å². The average Bonchev–Trinajstić information content (AvgIpc) is 2.45. The van der Waals surface area contributed by atoms with Gasteiger partial charge in [-0.2, -0.15) is 0 Å². The number of halogens is 1. The highest BCUT2D eigenvalue weighted by Crippen LogP contribution is 2.30. The van der Waals surface area contributed by atoms with Gasteiger partial charge >= 0.3 is 0 Å². The monoisotopic (exact) mass is 286 g/mol. The van der Waals surface area contributed by atoms with Crippen LogP contribution in [-0.4, -0.2) is 13.1 Å². The van der Waals surface area contributed by atoms with Gasteiger partial charge in [-0.3, -0.25) is 0 Å². The largest absolute Gasteiger partial charge is 0.344 e. The fraction of sp³-hybridized carbons (Fsp3) is 0.333. The lowest BCUT2D eigenvalue weighted by atomic mass is 10.1. The molecule has 0 aliphatic rings. The average molecular weight is 286 g/mol. The Morgan fingerprint density at radius 3 is 2.38 bits per heavy atom. The maximum absolute atomic E-state index is 14.2. The van der Waals surface area contributed by atoms with Crippen LogP contribution in [0.25, 0.3) is 0 Å². The summed E-state index contributed by atoms with van der Waals surface area (Å²) < 4.78 is 14.2. The zero-order valence-electron chi connectivity index (χ0n) is 13.2. The predicted octanol–water partition coefficient (Wildman–Crippen LogP) is 4.40. The number of nitrogens with zero attached hydrogens (tertiary/aromatic N) is 1. The summed E-state index contributed by atoms with van der Waals surface area (Å²) >= 11 is 0. The van der Waals surface area contributed by atoms with Crippen molar-refractivity contribution in [3.05, 3.63) is 59.4 Å². The Hall–Kier alpha value is -1.87. The highest BCUT2D eigenvalue weighted by molar-refractivity contribution is 5.68. The molecule has 2 nitrogen and oxygen atoms in total. The maximum Gasteiger partial charge on any atom is 0.129 e. The van der Waals surface area contributed by atoms with Crippen LogP contribution in [0.4, 0.5) is 15.8 Å². The normalized spacial score (nSPS) is 11.0. The Kier molecular flexibility index (Phi) is 4.97. The molecule has 0 fully saturated rings. The molecule has 0 saturated heterocycles. The molecule has 0 aromatic heterocycles. The van der Waals surface area contributed by atoms with Gasteiger partial charge in [-0.05, 0) is 30.7 Å². The fourth-order valence-electron chi connectivity index (χ4n) is 2.41. The highest BCUT2D eigenvalue weighted by Gasteiger charge is 2.14.